The average molecular weight is 260 g/mol. The topological polar surface area (TPSA) is 47.3 Å². The molecule has 0 saturated heterocycles. The molecule has 3 nitrogen and oxygen atoms in total. The smallest absolute Gasteiger partial charge is 0.406 e. The highest BCUT2D eigenvalue weighted by atomic mass is 19.4. The molecule has 3 N–H and O–H groups in total. The maximum absolute atomic E-state index is 12.0. The van der Waals surface area contributed by atoms with Crippen LogP contribution in [0.1, 0.15) is 24.4 Å². The van der Waals surface area contributed by atoms with Gasteiger partial charge in [-0.1, -0.05) is 18.2 Å². The molecule has 0 heterocycles. The third kappa shape index (κ3) is 4.77. The second-order valence-electron chi connectivity index (χ2n) is 3.70. The highest BCUT2D eigenvalue weighted by molar-refractivity contribution is 5.29. The fourth-order valence-corrected chi connectivity index (χ4v) is 1.53. The summed E-state index contributed by atoms with van der Waals surface area (Å²) in [7, 11) is 0. The van der Waals surface area contributed by atoms with Gasteiger partial charge in [0.1, 0.15) is 5.75 Å². The molecule has 100 valence electrons. The number of nitrogens with one attached hydrogen (secondary N) is 1. The quantitative estimate of drug-likeness (QED) is 0.469. The number of nitrogens with two attached hydrogens (primary N) is 1. The van der Waals surface area contributed by atoms with Crippen molar-refractivity contribution in [1.82, 2.24) is 5.43 Å². The Kier molecular flexibility index (Phi) is 5.18. The first-order chi connectivity index (χ1) is 8.46. The average Bonchev–Trinajstić information content (AvgIpc) is 2.30. The summed E-state index contributed by atoms with van der Waals surface area (Å²) in [6, 6.07) is 5.51. The lowest BCUT2D eigenvalue weighted by Crippen LogP contribution is -2.27. The number of ether oxygens (including phenoxy) is 1. The maximum Gasteiger partial charge on any atom is 0.573 e. The lowest BCUT2D eigenvalue weighted by Gasteiger charge is -2.16. The molecule has 0 aliphatic carbocycles. The summed E-state index contributed by atoms with van der Waals surface area (Å²) in [5.74, 6) is 5.15. The summed E-state index contributed by atoms with van der Waals surface area (Å²) in [4.78, 5) is 0. The van der Waals surface area contributed by atoms with Crippen molar-refractivity contribution in [2.45, 2.75) is 25.2 Å². The molecular weight excluding hydrogens is 245 g/mol. The van der Waals surface area contributed by atoms with Crippen molar-refractivity contribution < 1.29 is 17.9 Å². The fourth-order valence-electron chi connectivity index (χ4n) is 1.53. The summed E-state index contributed by atoms with van der Waals surface area (Å²) in [6.45, 7) is 3.60. The van der Waals surface area contributed by atoms with Crippen LogP contribution in [0.3, 0.4) is 0 Å². The van der Waals surface area contributed by atoms with Gasteiger partial charge in [0.15, 0.2) is 0 Å². The molecule has 1 aromatic rings. The number of halogens is 3. The van der Waals surface area contributed by atoms with E-state index in [1.165, 1.54) is 12.1 Å². The van der Waals surface area contributed by atoms with Crippen LogP contribution in [0.2, 0.25) is 0 Å². The van der Waals surface area contributed by atoms with Crippen molar-refractivity contribution in [3.05, 3.63) is 42.5 Å². The fraction of sp³-hybridized carbons (Fsp3) is 0.333. The molecule has 1 unspecified atom stereocenters. The van der Waals surface area contributed by atoms with Crippen LogP contribution in [0.5, 0.6) is 5.75 Å². The van der Waals surface area contributed by atoms with Gasteiger partial charge in [-0.15, -0.1) is 19.8 Å². The van der Waals surface area contributed by atoms with E-state index in [-0.39, 0.29) is 11.8 Å². The molecule has 0 spiro atoms. The summed E-state index contributed by atoms with van der Waals surface area (Å²) in [5, 5.41) is 0. The molecule has 0 aliphatic rings. The van der Waals surface area contributed by atoms with Gasteiger partial charge < -0.3 is 4.74 Å². The van der Waals surface area contributed by atoms with Gasteiger partial charge in [0, 0.05) is 6.04 Å². The van der Waals surface area contributed by atoms with Crippen molar-refractivity contribution in [1.29, 1.82) is 0 Å². The van der Waals surface area contributed by atoms with Gasteiger partial charge in [-0.3, -0.25) is 11.3 Å². The maximum atomic E-state index is 12.0. The molecule has 0 radical (unpaired) electrons. The van der Waals surface area contributed by atoms with Gasteiger partial charge in [-0.25, -0.2) is 0 Å². The first-order valence-electron chi connectivity index (χ1n) is 5.39. The number of allylic oxidation sites excluding steroid dienone is 1. The van der Waals surface area contributed by atoms with E-state index in [1.807, 2.05) is 0 Å². The highest BCUT2D eigenvalue weighted by Gasteiger charge is 2.31. The number of benzene rings is 1. The number of hydrazine groups is 1. The highest BCUT2D eigenvalue weighted by Crippen LogP contribution is 2.25. The van der Waals surface area contributed by atoms with Crippen LogP contribution in [0.25, 0.3) is 0 Å². The first-order valence-corrected chi connectivity index (χ1v) is 5.39. The largest absolute Gasteiger partial charge is 0.573 e. The summed E-state index contributed by atoms with van der Waals surface area (Å²) < 4.78 is 39.7. The first kappa shape index (κ1) is 14.5. The summed E-state index contributed by atoms with van der Waals surface area (Å²) in [6.07, 6.45) is -1.43. The molecule has 0 bridgehead atoms. The number of rotatable bonds is 6. The van der Waals surface area contributed by atoms with E-state index in [0.29, 0.717) is 0 Å². The van der Waals surface area contributed by atoms with Gasteiger partial charge >= 0.3 is 6.36 Å². The van der Waals surface area contributed by atoms with E-state index < -0.39 is 6.36 Å². The molecule has 1 rings (SSSR count). The lowest BCUT2D eigenvalue weighted by molar-refractivity contribution is -0.274. The van der Waals surface area contributed by atoms with Crippen LogP contribution < -0.4 is 16.0 Å². The zero-order valence-corrected chi connectivity index (χ0v) is 9.70. The Bertz CT molecular complexity index is 376. The molecule has 0 aromatic heterocycles. The Hall–Kier alpha value is -1.53. The van der Waals surface area contributed by atoms with Crippen molar-refractivity contribution in [2.75, 3.05) is 0 Å². The molecular formula is C12H15F3N2O. The number of alkyl halides is 3. The van der Waals surface area contributed by atoms with E-state index in [2.05, 4.69) is 16.7 Å². The normalized spacial score (nSPS) is 13.1. The lowest BCUT2D eigenvalue weighted by atomic mass is 10.0. The second-order valence-corrected chi connectivity index (χ2v) is 3.70. The van der Waals surface area contributed by atoms with Crippen LogP contribution >= 0.6 is 0 Å². The molecule has 0 aliphatic heterocycles. The molecule has 0 fully saturated rings. The SMILES string of the molecule is C=CCCC(NN)c1ccc(OC(F)(F)F)cc1. The molecule has 1 aromatic carbocycles. The van der Waals surface area contributed by atoms with Crippen LogP contribution in [-0.4, -0.2) is 6.36 Å². The summed E-state index contributed by atoms with van der Waals surface area (Å²) >= 11 is 0. The van der Waals surface area contributed by atoms with E-state index in [1.54, 1.807) is 18.2 Å². The number of hydrogen-bond acceptors (Lipinski definition) is 3. The van der Waals surface area contributed by atoms with Crippen molar-refractivity contribution in [3.8, 4) is 5.75 Å². The van der Waals surface area contributed by atoms with Gasteiger partial charge in [-0.05, 0) is 30.5 Å². The zero-order chi connectivity index (χ0) is 13.6. The third-order valence-corrected chi connectivity index (χ3v) is 2.38. The molecule has 0 amide bonds. The predicted molar refractivity (Wildman–Crippen MR) is 62.6 cm³/mol. The van der Waals surface area contributed by atoms with Crippen molar-refractivity contribution in [3.63, 3.8) is 0 Å². The standard InChI is InChI=1S/C12H15F3N2O/c1-2-3-4-11(17-16)9-5-7-10(8-6-9)18-12(13,14)15/h2,5-8,11,17H,1,3-4,16H2. The van der Waals surface area contributed by atoms with E-state index in [4.69, 9.17) is 5.84 Å². The second kappa shape index (κ2) is 6.42. The summed E-state index contributed by atoms with van der Waals surface area (Å²) in [5.41, 5.74) is 3.41. The Morgan fingerprint density at radius 3 is 2.39 bits per heavy atom. The van der Waals surface area contributed by atoms with Crippen LogP contribution in [0.4, 0.5) is 13.2 Å². The van der Waals surface area contributed by atoms with E-state index in [9.17, 15) is 13.2 Å². The van der Waals surface area contributed by atoms with Crippen molar-refractivity contribution >= 4 is 0 Å². The third-order valence-electron chi connectivity index (χ3n) is 2.38. The van der Waals surface area contributed by atoms with Gasteiger partial charge in [-0.2, -0.15) is 0 Å². The molecule has 0 saturated carbocycles. The van der Waals surface area contributed by atoms with Crippen LogP contribution in [0, 0.1) is 0 Å². The minimum Gasteiger partial charge on any atom is -0.406 e. The predicted octanol–water partition coefficient (Wildman–Crippen LogP) is 3.06. The van der Waals surface area contributed by atoms with Gasteiger partial charge in [0.05, 0.1) is 0 Å². The van der Waals surface area contributed by atoms with E-state index in [0.717, 1.165) is 18.4 Å². The minimum absolute atomic E-state index is 0.122. The van der Waals surface area contributed by atoms with E-state index >= 15 is 0 Å². The Morgan fingerprint density at radius 1 is 1.33 bits per heavy atom. The van der Waals surface area contributed by atoms with Gasteiger partial charge in [0.2, 0.25) is 0 Å². The minimum atomic E-state index is -4.67. The Balaban J connectivity index is 2.71. The monoisotopic (exact) mass is 260 g/mol. The zero-order valence-electron chi connectivity index (χ0n) is 9.70. The Labute approximate surface area is 103 Å². The van der Waals surface area contributed by atoms with Gasteiger partial charge in [0.25, 0.3) is 0 Å². The van der Waals surface area contributed by atoms with Crippen LogP contribution in [0.15, 0.2) is 36.9 Å². The number of hydrogen-bond donors (Lipinski definition) is 2. The molecule has 18 heavy (non-hydrogen) atoms. The molecule has 1 atom stereocenters. The molecule has 6 heteroatoms. The van der Waals surface area contributed by atoms with Crippen molar-refractivity contribution in [2.24, 2.45) is 5.84 Å². The Morgan fingerprint density at radius 2 is 1.94 bits per heavy atom. The van der Waals surface area contributed by atoms with Crippen LogP contribution in [-0.2, 0) is 0 Å².